The van der Waals surface area contributed by atoms with Crippen LogP contribution in [0, 0.1) is 20.2 Å². The normalized spacial score (nSPS) is 11.4. The Kier molecular flexibility index (Phi) is 5.05. The predicted octanol–water partition coefficient (Wildman–Crippen LogP) is 1.60. The van der Waals surface area contributed by atoms with Crippen LogP contribution >= 0.6 is 0 Å². The lowest BCUT2D eigenvalue weighted by atomic mass is 10.2. The second-order valence-electron chi connectivity index (χ2n) is 4.70. The smallest absolute Gasteiger partial charge is 0.272 e. The van der Waals surface area contributed by atoms with E-state index < -0.39 is 30.5 Å². The number of benzene rings is 2. The zero-order valence-corrected chi connectivity index (χ0v) is 13.2. The highest BCUT2D eigenvalue weighted by atomic mass is 32.2. The van der Waals surface area contributed by atoms with Gasteiger partial charge in [-0.15, -0.1) is 0 Å². The summed E-state index contributed by atoms with van der Waals surface area (Å²) in [7, 11) is -4.09. The van der Waals surface area contributed by atoms with Crippen molar-refractivity contribution < 1.29 is 18.3 Å². The molecule has 0 aliphatic rings. The highest BCUT2D eigenvalue weighted by Crippen LogP contribution is 2.27. The number of anilines is 1. The van der Waals surface area contributed by atoms with Crippen LogP contribution in [0.25, 0.3) is 0 Å². The minimum absolute atomic E-state index is 0.0703. The van der Waals surface area contributed by atoms with Crippen molar-refractivity contribution >= 4 is 33.3 Å². The number of nitrogens with zero attached hydrogens (tertiary/aromatic N) is 3. The molecule has 3 N–H and O–H groups in total. The molecule has 0 unspecified atom stereocenters. The van der Waals surface area contributed by atoms with Gasteiger partial charge in [0, 0.05) is 23.8 Å². The van der Waals surface area contributed by atoms with E-state index in [1.807, 2.05) is 0 Å². The molecule has 0 spiro atoms. The van der Waals surface area contributed by atoms with E-state index in [2.05, 4.69) is 10.5 Å². The summed E-state index contributed by atoms with van der Waals surface area (Å²) in [4.78, 5) is 20.0. The third kappa shape index (κ3) is 4.55. The summed E-state index contributed by atoms with van der Waals surface area (Å²) < 4.78 is 22.5. The molecule has 2 aromatic carbocycles. The summed E-state index contributed by atoms with van der Waals surface area (Å²) in [5.41, 5.74) is 2.05. The Hall–Kier alpha value is -3.38. The Labute approximate surface area is 141 Å². The van der Waals surface area contributed by atoms with Crippen molar-refractivity contribution in [3.63, 3.8) is 0 Å². The van der Waals surface area contributed by atoms with E-state index >= 15 is 0 Å². The van der Waals surface area contributed by atoms with E-state index in [9.17, 15) is 28.6 Å². The number of hydrogen-bond acceptors (Lipinski definition) is 8. The number of primary sulfonamides is 1. The maximum absolute atomic E-state index is 11.3. The van der Waals surface area contributed by atoms with Crippen molar-refractivity contribution in [1.29, 1.82) is 0 Å². The number of nitro groups is 2. The van der Waals surface area contributed by atoms with Gasteiger partial charge in [-0.3, -0.25) is 25.7 Å². The van der Waals surface area contributed by atoms with Crippen LogP contribution < -0.4 is 10.6 Å². The fourth-order valence-corrected chi connectivity index (χ4v) is 2.36. The Balaban J connectivity index is 2.27. The van der Waals surface area contributed by atoms with E-state index in [0.29, 0.717) is 5.56 Å². The van der Waals surface area contributed by atoms with Crippen molar-refractivity contribution in [3.05, 3.63) is 68.3 Å². The van der Waals surface area contributed by atoms with Crippen LogP contribution in [0.1, 0.15) is 5.56 Å². The van der Waals surface area contributed by atoms with Gasteiger partial charge in [0.05, 0.1) is 21.0 Å². The maximum Gasteiger partial charge on any atom is 0.295 e. The second kappa shape index (κ2) is 7.02. The zero-order valence-electron chi connectivity index (χ0n) is 12.4. The van der Waals surface area contributed by atoms with Crippen LogP contribution in [0.3, 0.4) is 0 Å². The number of nitro benzene ring substituents is 2. The quantitative estimate of drug-likeness (QED) is 0.444. The van der Waals surface area contributed by atoms with E-state index in [0.717, 1.165) is 18.2 Å². The lowest BCUT2D eigenvalue weighted by Crippen LogP contribution is -2.12. The summed E-state index contributed by atoms with van der Waals surface area (Å²) in [6.45, 7) is 0. The van der Waals surface area contributed by atoms with E-state index in [-0.39, 0.29) is 11.4 Å². The van der Waals surface area contributed by atoms with Crippen LogP contribution in [0.2, 0.25) is 0 Å². The molecule has 2 aromatic rings. The third-order valence-corrected chi connectivity index (χ3v) is 3.89. The molecule has 0 saturated heterocycles. The molecule has 0 amide bonds. The summed E-state index contributed by atoms with van der Waals surface area (Å²) in [5.74, 6) is 0. The first kappa shape index (κ1) is 18.0. The number of rotatable bonds is 6. The van der Waals surface area contributed by atoms with Crippen LogP contribution in [-0.4, -0.2) is 24.5 Å². The molecule has 2 rings (SSSR count). The lowest BCUT2D eigenvalue weighted by molar-refractivity contribution is -0.384. The minimum Gasteiger partial charge on any atom is -0.272 e. The van der Waals surface area contributed by atoms with Gasteiger partial charge in [0.25, 0.3) is 11.4 Å². The molecule has 0 atom stereocenters. The van der Waals surface area contributed by atoms with Crippen molar-refractivity contribution in [3.8, 4) is 0 Å². The monoisotopic (exact) mass is 365 g/mol. The lowest BCUT2D eigenvalue weighted by Gasteiger charge is -2.04. The Morgan fingerprint density at radius 2 is 1.80 bits per heavy atom. The molecular formula is C13H11N5O6S. The van der Waals surface area contributed by atoms with Crippen molar-refractivity contribution in [1.82, 2.24) is 0 Å². The van der Waals surface area contributed by atoms with Gasteiger partial charge in [0.1, 0.15) is 5.69 Å². The molecule has 0 fully saturated rings. The minimum atomic E-state index is -4.09. The highest BCUT2D eigenvalue weighted by molar-refractivity contribution is 7.89. The van der Waals surface area contributed by atoms with Crippen molar-refractivity contribution in [2.24, 2.45) is 10.2 Å². The summed E-state index contributed by atoms with van der Waals surface area (Å²) in [6.07, 6.45) is 1.23. The number of sulfonamides is 1. The molecule has 11 nitrogen and oxygen atoms in total. The van der Waals surface area contributed by atoms with Gasteiger partial charge in [-0.25, -0.2) is 13.6 Å². The van der Waals surface area contributed by atoms with Gasteiger partial charge < -0.3 is 0 Å². The molecular weight excluding hydrogens is 354 g/mol. The predicted molar refractivity (Wildman–Crippen MR) is 88.8 cm³/mol. The molecule has 0 saturated carbocycles. The third-order valence-electron chi connectivity index (χ3n) is 2.97. The highest BCUT2D eigenvalue weighted by Gasteiger charge is 2.18. The first-order chi connectivity index (χ1) is 11.7. The fourth-order valence-electron chi connectivity index (χ4n) is 1.83. The summed E-state index contributed by atoms with van der Waals surface area (Å²) in [6, 6.07) is 8.63. The molecule has 0 aromatic heterocycles. The Morgan fingerprint density at radius 3 is 2.40 bits per heavy atom. The van der Waals surface area contributed by atoms with E-state index in [4.69, 9.17) is 5.14 Å². The molecule has 0 radical (unpaired) electrons. The van der Waals surface area contributed by atoms with Crippen molar-refractivity contribution in [2.45, 2.75) is 4.90 Å². The first-order valence-corrected chi connectivity index (χ1v) is 8.08. The second-order valence-corrected chi connectivity index (χ2v) is 6.26. The summed E-state index contributed by atoms with van der Waals surface area (Å²) in [5, 5.41) is 30.4. The molecule has 25 heavy (non-hydrogen) atoms. The zero-order chi connectivity index (χ0) is 18.6. The van der Waals surface area contributed by atoms with Crippen LogP contribution in [0.15, 0.2) is 52.5 Å². The van der Waals surface area contributed by atoms with E-state index in [1.54, 1.807) is 6.07 Å². The maximum atomic E-state index is 11.3. The van der Waals surface area contributed by atoms with Gasteiger partial charge >= 0.3 is 0 Å². The number of nitrogens with two attached hydrogens (primary N) is 1. The molecule has 0 aliphatic heterocycles. The standard InChI is InChI=1S/C13H11N5O6S/c14-25(23,24)11-4-5-12(13(7-11)18(21)22)16-15-8-9-2-1-3-10(6-9)17(19)20/h1-8,16H,(H2,14,23,24)/b15-8+. The van der Waals surface area contributed by atoms with Crippen LogP contribution in [0.4, 0.5) is 17.1 Å². The molecule has 0 heterocycles. The largest absolute Gasteiger partial charge is 0.295 e. The SMILES string of the molecule is NS(=O)(=O)c1ccc(N/N=C/c2cccc([N+](=O)[O-])c2)c([N+](=O)[O-])c1. The Bertz CT molecular complexity index is 973. The molecule has 0 aliphatic carbocycles. The average molecular weight is 365 g/mol. The molecule has 12 heteroatoms. The van der Waals surface area contributed by atoms with Crippen LogP contribution in [0.5, 0.6) is 0 Å². The fraction of sp³-hybridized carbons (Fsp3) is 0. The number of nitrogens with one attached hydrogen (secondary N) is 1. The Morgan fingerprint density at radius 1 is 1.08 bits per heavy atom. The molecule has 130 valence electrons. The van der Waals surface area contributed by atoms with Gasteiger partial charge in [0.15, 0.2) is 0 Å². The number of hydrazone groups is 1. The summed E-state index contributed by atoms with van der Waals surface area (Å²) >= 11 is 0. The van der Waals surface area contributed by atoms with Crippen LogP contribution in [-0.2, 0) is 10.0 Å². The number of non-ortho nitro benzene ring substituents is 1. The van der Waals surface area contributed by atoms with Gasteiger partial charge in [-0.2, -0.15) is 5.10 Å². The number of hydrogen-bond donors (Lipinski definition) is 2. The van der Waals surface area contributed by atoms with Gasteiger partial charge in [0.2, 0.25) is 10.0 Å². The first-order valence-electron chi connectivity index (χ1n) is 6.53. The topological polar surface area (TPSA) is 171 Å². The average Bonchev–Trinajstić information content (AvgIpc) is 2.54. The van der Waals surface area contributed by atoms with Gasteiger partial charge in [-0.1, -0.05) is 12.1 Å². The van der Waals surface area contributed by atoms with Crippen molar-refractivity contribution in [2.75, 3.05) is 5.43 Å². The molecule has 0 bridgehead atoms. The van der Waals surface area contributed by atoms with E-state index in [1.165, 1.54) is 24.4 Å². The van der Waals surface area contributed by atoms with Gasteiger partial charge in [-0.05, 0) is 12.1 Å².